The summed E-state index contributed by atoms with van der Waals surface area (Å²) < 4.78 is 21.7. The van der Waals surface area contributed by atoms with Crippen molar-refractivity contribution in [1.82, 2.24) is 24.8 Å². The molecule has 2 N–H and O–H groups in total. The van der Waals surface area contributed by atoms with E-state index in [2.05, 4.69) is 62.8 Å². The number of aryl methyl sites for hydroxylation is 2. The number of nitrogens with one attached hydrogen (secondary N) is 2. The molecule has 7 rings (SSSR count). The molecule has 2 aromatic carbocycles. The zero-order chi connectivity index (χ0) is 34.8. The van der Waals surface area contributed by atoms with Gasteiger partial charge in [0.1, 0.15) is 17.5 Å². The van der Waals surface area contributed by atoms with Gasteiger partial charge in [-0.3, -0.25) is 4.79 Å². The van der Waals surface area contributed by atoms with E-state index in [4.69, 9.17) is 14.7 Å². The molecule has 2 saturated heterocycles. The van der Waals surface area contributed by atoms with Crippen LogP contribution in [0.2, 0.25) is 0 Å². The first-order valence-corrected chi connectivity index (χ1v) is 17.7. The van der Waals surface area contributed by atoms with E-state index in [1.54, 1.807) is 12.1 Å². The number of aromatic nitrogens is 4. The number of ether oxygens (including phenoxy) is 1. The molecule has 0 saturated carbocycles. The molecule has 50 heavy (non-hydrogen) atoms. The average Bonchev–Trinajstić information content (AvgIpc) is 3.53. The smallest absolute Gasteiger partial charge is 0.259 e. The number of benzene rings is 2. The van der Waals surface area contributed by atoms with Crippen LogP contribution in [-0.2, 0) is 11.3 Å². The predicted molar refractivity (Wildman–Crippen MR) is 199 cm³/mol. The zero-order valence-electron chi connectivity index (χ0n) is 29.4. The van der Waals surface area contributed by atoms with E-state index in [0.29, 0.717) is 29.7 Å². The standard InChI is InChI=1S/C40H46FN7O2/c1-5-48(34-12-18-50-19-13-34)36-22-31(30-8-11-37(43-23-30)46-16-14-42-15-17-46)21-32(28(36)4)24-47-25-35(29-6-9-33(41)10-7-29)45-39(47)38-26(2)20-27(3)44-40(38)49/h6-11,20-23,25,34,42H,5,12-19,24H2,1-4H3,(H,44,49). The van der Waals surface area contributed by atoms with E-state index in [-0.39, 0.29) is 11.4 Å². The van der Waals surface area contributed by atoms with E-state index in [1.165, 1.54) is 23.4 Å². The summed E-state index contributed by atoms with van der Waals surface area (Å²) in [7, 11) is 0. The van der Waals surface area contributed by atoms with Gasteiger partial charge in [0, 0.05) is 93.4 Å². The van der Waals surface area contributed by atoms with Gasteiger partial charge in [0.15, 0.2) is 0 Å². The number of pyridine rings is 2. The second-order valence-corrected chi connectivity index (χ2v) is 13.5. The van der Waals surface area contributed by atoms with Gasteiger partial charge in [-0.05, 0) is 117 Å². The Kier molecular flexibility index (Phi) is 9.83. The molecule has 260 valence electrons. The van der Waals surface area contributed by atoms with Gasteiger partial charge in [0.05, 0.1) is 11.3 Å². The molecule has 0 amide bonds. The minimum Gasteiger partial charge on any atom is -0.381 e. The second-order valence-electron chi connectivity index (χ2n) is 13.5. The second kappa shape index (κ2) is 14.6. The number of anilines is 2. The summed E-state index contributed by atoms with van der Waals surface area (Å²) in [6, 6.07) is 17.6. The normalized spacial score (nSPS) is 15.4. The van der Waals surface area contributed by atoms with Crippen molar-refractivity contribution in [2.24, 2.45) is 0 Å². The molecule has 9 nitrogen and oxygen atoms in total. The number of piperazine rings is 1. The third-order valence-electron chi connectivity index (χ3n) is 10.1. The highest BCUT2D eigenvalue weighted by molar-refractivity contribution is 5.74. The molecule has 0 atom stereocenters. The Hall–Kier alpha value is -4.80. The summed E-state index contributed by atoms with van der Waals surface area (Å²) in [6.45, 7) is 14.9. The van der Waals surface area contributed by atoms with E-state index in [1.807, 2.05) is 32.3 Å². The molecule has 0 aliphatic carbocycles. The van der Waals surface area contributed by atoms with Crippen LogP contribution < -0.4 is 20.7 Å². The van der Waals surface area contributed by atoms with Crippen molar-refractivity contribution in [1.29, 1.82) is 0 Å². The highest BCUT2D eigenvalue weighted by atomic mass is 19.1. The summed E-state index contributed by atoms with van der Waals surface area (Å²) >= 11 is 0. The van der Waals surface area contributed by atoms with Crippen LogP contribution in [0, 0.1) is 26.6 Å². The fourth-order valence-electron chi connectivity index (χ4n) is 7.46. The summed E-state index contributed by atoms with van der Waals surface area (Å²) in [6.07, 6.45) is 5.93. The Morgan fingerprint density at radius 1 is 0.960 bits per heavy atom. The van der Waals surface area contributed by atoms with Crippen molar-refractivity contribution in [2.45, 2.75) is 53.1 Å². The largest absolute Gasteiger partial charge is 0.381 e. The molecule has 2 aliphatic heterocycles. The number of hydrogen-bond acceptors (Lipinski definition) is 7. The Morgan fingerprint density at radius 3 is 2.38 bits per heavy atom. The van der Waals surface area contributed by atoms with Crippen molar-refractivity contribution >= 4 is 11.5 Å². The fraction of sp³-hybridized carbons (Fsp3) is 0.375. The maximum absolute atomic E-state index is 13.9. The van der Waals surface area contributed by atoms with Crippen LogP contribution in [0.5, 0.6) is 0 Å². The summed E-state index contributed by atoms with van der Waals surface area (Å²) in [5.41, 5.74) is 9.11. The molecule has 3 aromatic heterocycles. The molecule has 2 aliphatic rings. The van der Waals surface area contributed by atoms with Gasteiger partial charge in [-0.1, -0.05) is 0 Å². The van der Waals surface area contributed by atoms with Gasteiger partial charge in [-0.15, -0.1) is 0 Å². The lowest BCUT2D eigenvalue weighted by molar-refractivity contribution is 0.0846. The van der Waals surface area contributed by atoms with Crippen LogP contribution in [0.3, 0.4) is 0 Å². The number of rotatable bonds is 9. The number of H-pyrrole nitrogens is 1. The number of aromatic amines is 1. The Morgan fingerprint density at radius 2 is 1.70 bits per heavy atom. The first kappa shape index (κ1) is 33.7. The molecular formula is C40H46FN7O2. The van der Waals surface area contributed by atoms with Gasteiger partial charge < -0.3 is 29.4 Å². The first-order chi connectivity index (χ1) is 24.3. The minimum absolute atomic E-state index is 0.182. The summed E-state index contributed by atoms with van der Waals surface area (Å²) in [5, 5.41) is 3.42. The van der Waals surface area contributed by atoms with E-state index < -0.39 is 0 Å². The van der Waals surface area contributed by atoms with Crippen LogP contribution in [-0.4, -0.2) is 71.5 Å². The molecule has 5 aromatic rings. The van der Waals surface area contributed by atoms with E-state index in [9.17, 15) is 9.18 Å². The lowest BCUT2D eigenvalue weighted by atomic mass is 9.96. The molecule has 0 unspecified atom stereocenters. The Labute approximate surface area is 293 Å². The molecule has 0 radical (unpaired) electrons. The van der Waals surface area contributed by atoms with Crippen molar-refractivity contribution in [3.63, 3.8) is 0 Å². The van der Waals surface area contributed by atoms with Crippen molar-refractivity contribution < 1.29 is 9.13 Å². The van der Waals surface area contributed by atoms with Crippen LogP contribution in [0.1, 0.15) is 42.1 Å². The fourth-order valence-corrected chi connectivity index (χ4v) is 7.46. The molecule has 10 heteroatoms. The lowest BCUT2D eigenvalue weighted by Crippen LogP contribution is -2.43. The van der Waals surface area contributed by atoms with Crippen LogP contribution in [0.25, 0.3) is 33.8 Å². The Balaban J connectivity index is 1.35. The predicted octanol–water partition coefficient (Wildman–Crippen LogP) is 6.49. The van der Waals surface area contributed by atoms with Gasteiger partial charge in [-0.2, -0.15) is 0 Å². The summed E-state index contributed by atoms with van der Waals surface area (Å²) in [4.78, 5) is 31.2. The minimum atomic E-state index is -0.306. The molecule has 2 fully saturated rings. The monoisotopic (exact) mass is 675 g/mol. The first-order valence-electron chi connectivity index (χ1n) is 17.7. The van der Waals surface area contributed by atoms with Crippen molar-refractivity contribution in [3.05, 3.63) is 106 Å². The van der Waals surface area contributed by atoms with Gasteiger partial charge in [0.2, 0.25) is 0 Å². The molecule has 5 heterocycles. The van der Waals surface area contributed by atoms with Crippen LogP contribution >= 0.6 is 0 Å². The number of imidazole rings is 1. The van der Waals surface area contributed by atoms with Crippen LogP contribution in [0.4, 0.5) is 15.9 Å². The highest BCUT2D eigenvalue weighted by Gasteiger charge is 2.25. The number of hydrogen-bond donors (Lipinski definition) is 2. The maximum Gasteiger partial charge on any atom is 0.259 e. The lowest BCUT2D eigenvalue weighted by Gasteiger charge is -2.37. The van der Waals surface area contributed by atoms with E-state index in [0.717, 1.165) is 98.1 Å². The van der Waals surface area contributed by atoms with E-state index >= 15 is 0 Å². The van der Waals surface area contributed by atoms with Crippen molar-refractivity contribution in [2.75, 3.05) is 55.7 Å². The zero-order valence-corrected chi connectivity index (χ0v) is 29.4. The van der Waals surface area contributed by atoms with Crippen LogP contribution in [0.15, 0.2) is 71.8 Å². The highest BCUT2D eigenvalue weighted by Crippen LogP contribution is 2.36. The quantitative estimate of drug-likeness (QED) is 0.185. The molecular weight excluding hydrogens is 629 g/mol. The molecule has 0 spiro atoms. The number of nitrogens with zero attached hydrogens (tertiary/aromatic N) is 5. The Bertz CT molecular complexity index is 2010. The van der Waals surface area contributed by atoms with Gasteiger partial charge in [0.25, 0.3) is 5.56 Å². The average molecular weight is 676 g/mol. The SMILES string of the molecule is CCN(c1cc(-c2ccc(N3CCNCC3)nc2)cc(Cn2cc(-c3ccc(F)cc3)nc2-c2c(C)cc(C)[nH]c2=O)c1C)C1CCOCC1. The third-order valence-corrected chi connectivity index (χ3v) is 10.1. The van der Waals surface area contributed by atoms with Gasteiger partial charge >= 0.3 is 0 Å². The maximum atomic E-state index is 13.9. The number of halogens is 1. The van der Waals surface area contributed by atoms with Crippen molar-refractivity contribution in [3.8, 4) is 33.8 Å². The third kappa shape index (κ3) is 6.95. The molecule has 0 bridgehead atoms. The van der Waals surface area contributed by atoms with Gasteiger partial charge in [-0.25, -0.2) is 14.4 Å². The summed E-state index contributed by atoms with van der Waals surface area (Å²) in [5.74, 6) is 1.27. The topological polar surface area (TPSA) is 91.3 Å².